The number of carbonyl (C=O) groups is 1. The van der Waals surface area contributed by atoms with Gasteiger partial charge in [-0.2, -0.15) is 0 Å². The molecule has 0 saturated carbocycles. The van der Waals surface area contributed by atoms with E-state index in [2.05, 4.69) is 31.1 Å². The van der Waals surface area contributed by atoms with E-state index >= 15 is 0 Å². The molecule has 4 rings (SSSR count). The minimum absolute atomic E-state index is 0.315. The molecule has 0 atom stereocenters. The fourth-order valence-electron chi connectivity index (χ4n) is 3.08. The van der Waals surface area contributed by atoms with E-state index in [-0.39, 0.29) is 5.97 Å². The molecule has 8 nitrogen and oxygen atoms in total. The lowest BCUT2D eigenvalue weighted by Crippen LogP contribution is -2.20. The monoisotopic (exact) mass is 490 g/mol. The van der Waals surface area contributed by atoms with E-state index in [1.807, 2.05) is 66.7 Å². The first-order chi connectivity index (χ1) is 16.5. The van der Waals surface area contributed by atoms with E-state index in [9.17, 15) is 4.79 Å². The summed E-state index contributed by atoms with van der Waals surface area (Å²) in [5.74, 6) is 0.152. The molecule has 2 aromatic heterocycles. The molecular weight excluding hydrogens is 468 g/mol. The zero-order valence-corrected chi connectivity index (χ0v) is 20.2. The third kappa shape index (κ3) is 5.72. The number of aryl methyl sites for hydroxylation is 1. The Bertz CT molecular complexity index is 1290. The van der Waals surface area contributed by atoms with Crippen molar-refractivity contribution in [2.75, 3.05) is 22.6 Å². The Morgan fingerprint density at radius 2 is 1.71 bits per heavy atom. The van der Waals surface area contributed by atoms with Crippen LogP contribution in [0, 0.1) is 6.92 Å². The molecule has 0 aliphatic rings. The van der Waals surface area contributed by atoms with Crippen molar-refractivity contribution < 1.29 is 9.53 Å². The summed E-state index contributed by atoms with van der Waals surface area (Å²) >= 11 is 6.71. The lowest BCUT2D eigenvalue weighted by Gasteiger charge is -2.14. The summed E-state index contributed by atoms with van der Waals surface area (Å²) in [6.07, 6.45) is 0. The Morgan fingerprint density at radius 1 is 0.971 bits per heavy atom. The molecule has 0 unspecified atom stereocenters. The molecule has 2 aromatic carbocycles. The SMILES string of the molecule is CCOC(=O)c1sc(Nc2ccccc2NC(=S)Nc2ccc(-c3ccccc3)nn2)nc1C. The number of anilines is 4. The maximum absolute atomic E-state index is 12.1. The van der Waals surface area contributed by atoms with Gasteiger partial charge >= 0.3 is 5.97 Å². The van der Waals surface area contributed by atoms with Gasteiger partial charge in [0, 0.05) is 5.56 Å². The van der Waals surface area contributed by atoms with Crippen LogP contribution in [0.1, 0.15) is 22.3 Å². The predicted molar refractivity (Wildman–Crippen MR) is 140 cm³/mol. The van der Waals surface area contributed by atoms with Crippen molar-refractivity contribution in [3.05, 3.63) is 77.3 Å². The van der Waals surface area contributed by atoms with Crippen molar-refractivity contribution in [1.82, 2.24) is 15.2 Å². The van der Waals surface area contributed by atoms with Crippen LogP contribution in [0.3, 0.4) is 0 Å². The van der Waals surface area contributed by atoms with Crippen LogP contribution in [0.25, 0.3) is 11.3 Å². The summed E-state index contributed by atoms with van der Waals surface area (Å²) in [5, 5.41) is 18.9. The van der Waals surface area contributed by atoms with Gasteiger partial charge in [-0.25, -0.2) is 9.78 Å². The first-order valence-corrected chi connectivity index (χ1v) is 11.7. The Hall–Kier alpha value is -3.89. The highest BCUT2D eigenvalue weighted by molar-refractivity contribution is 7.80. The third-order valence-corrected chi connectivity index (χ3v) is 5.91. The maximum Gasteiger partial charge on any atom is 0.350 e. The molecule has 0 radical (unpaired) electrons. The van der Waals surface area contributed by atoms with Gasteiger partial charge in [0.05, 0.1) is 29.4 Å². The number of hydrogen-bond donors (Lipinski definition) is 3. The van der Waals surface area contributed by atoms with Gasteiger partial charge < -0.3 is 20.7 Å². The Balaban J connectivity index is 1.43. The van der Waals surface area contributed by atoms with Gasteiger partial charge in [0.15, 0.2) is 16.1 Å². The summed E-state index contributed by atoms with van der Waals surface area (Å²) in [6, 6.07) is 21.1. The molecule has 0 saturated heterocycles. The highest BCUT2D eigenvalue weighted by atomic mass is 32.1. The van der Waals surface area contributed by atoms with Gasteiger partial charge in [0.1, 0.15) is 4.88 Å². The molecule has 10 heteroatoms. The van der Waals surface area contributed by atoms with Gasteiger partial charge in [-0.15, -0.1) is 10.2 Å². The van der Waals surface area contributed by atoms with Gasteiger partial charge in [-0.05, 0) is 50.3 Å². The molecule has 4 aromatic rings. The van der Waals surface area contributed by atoms with Gasteiger partial charge in [0.2, 0.25) is 0 Å². The van der Waals surface area contributed by atoms with E-state index in [0.29, 0.717) is 33.2 Å². The van der Waals surface area contributed by atoms with E-state index < -0.39 is 0 Å². The average Bonchev–Trinajstić information content (AvgIpc) is 3.21. The van der Waals surface area contributed by atoms with Crippen LogP contribution < -0.4 is 16.0 Å². The number of rotatable bonds is 7. The fourth-order valence-corrected chi connectivity index (χ4v) is 4.17. The van der Waals surface area contributed by atoms with Crippen LogP contribution in [0.5, 0.6) is 0 Å². The Morgan fingerprint density at radius 3 is 2.41 bits per heavy atom. The largest absolute Gasteiger partial charge is 0.462 e. The molecule has 2 heterocycles. The van der Waals surface area contributed by atoms with Crippen LogP contribution in [0.4, 0.5) is 22.3 Å². The minimum atomic E-state index is -0.373. The predicted octanol–water partition coefficient (Wildman–Crippen LogP) is 5.64. The van der Waals surface area contributed by atoms with E-state index in [1.165, 1.54) is 11.3 Å². The average molecular weight is 491 g/mol. The van der Waals surface area contributed by atoms with Crippen molar-refractivity contribution >= 4 is 57.0 Å². The minimum Gasteiger partial charge on any atom is -0.462 e. The molecule has 3 N–H and O–H groups in total. The van der Waals surface area contributed by atoms with Crippen LogP contribution in [-0.2, 0) is 4.74 Å². The standard InChI is InChI=1S/C24H22N6O2S2/c1-3-32-22(31)21-15(2)25-24(34-21)27-19-12-8-7-11-18(19)26-23(33)28-20-14-13-17(29-30-20)16-9-5-4-6-10-16/h4-14H,3H2,1-2H3,(H,25,27)(H2,26,28,30,33). The summed E-state index contributed by atoms with van der Waals surface area (Å²) in [6.45, 7) is 3.87. The summed E-state index contributed by atoms with van der Waals surface area (Å²) in [4.78, 5) is 17.0. The lowest BCUT2D eigenvalue weighted by atomic mass is 10.1. The number of aromatic nitrogens is 3. The maximum atomic E-state index is 12.1. The number of nitrogens with one attached hydrogen (secondary N) is 3. The fraction of sp³-hybridized carbons (Fsp3) is 0.125. The number of ether oxygens (including phenoxy) is 1. The normalized spacial score (nSPS) is 10.4. The number of carbonyl (C=O) groups excluding carboxylic acids is 1. The first kappa shape index (κ1) is 23.3. The van der Waals surface area contributed by atoms with E-state index in [1.54, 1.807) is 13.8 Å². The quantitative estimate of drug-likeness (QED) is 0.224. The third-order valence-electron chi connectivity index (χ3n) is 4.65. The smallest absolute Gasteiger partial charge is 0.350 e. The van der Waals surface area contributed by atoms with Gasteiger partial charge in [-0.3, -0.25) is 0 Å². The van der Waals surface area contributed by atoms with Crippen molar-refractivity contribution in [2.45, 2.75) is 13.8 Å². The highest BCUT2D eigenvalue weighted by Crippen LogP contribution is 2.30. The molecule has 0 fully saturated rings. The molecule has 0 bridgehead atoms. The molecule has 0 aliphatic carbocycles. The summed E-state index contributed by atoms with van der Waals surface area (Å²) < 4.78 is 5.09. The number of thiocarbonyl (C=S) groups is 1. The second-order valence-corrected chi connectivity index (χ2v) is 8.48. The zero-order valence-electron chi connectivity index (χ0n) is 18.5. The van der Waals surface area contributed by atoms with Gasteiger partial charge in [0.25, 0.3) is 0 Å². The molecule has 0 amide bonds. The molecule has 0 spiro atoms. The topological polar surface area (TPSA) is 101 Å². The van der Waals surface area contributed by atoms with Gasteiger partial charge in [-0.1, -0.05) is 53.8 Å². The van der Waals surface area contributed by atoms with E-state index in [4.69, 9.17) is 17.0 Å². The van der Waals surface area contributed by atoms with E-state index in [0.717, 1.165) is 22.6 Å². The lowest BCUT2D eigenvalue weighted by molar-refractivity contribution is 0.0531. The van der Waals surface area contributed by atoms with Crippen molar-refractivity contribution in [1.29, 1.82) is 0 Å². The van der Waals surface area contributed by atoms with Crippen LogP contribution in [-0.4, -0.2) is 32.9 Å². The Labute approximate surface area is 206 Å². The van der Waals surface area contributed by atoms with Crippen molar-refractivity contribution in [3.8, 4) is 11.3 Å². The summed E-state index contributed by atoms with van der Waals surface area (Å²) in [7, 11) is 0. The zero-order chi connectivity index (χ0) is 23.9. The second kappa shape index (κ2) is 10.8. The van der Waals surface area contributed by atoms with Crippen LogP contribution >= 0.6 is 23.6 Å². The number of para-hydroxylation sites is 2. The van der Waals surface area contributed by atoms with Crippen molar-refractivity contribution in [3.63, 3.8) is 0 Å². The van der Waals surface area contributed by atoms with Crippen LogP contribution in [0.2, 0.25) is 0 Å². The summed E-state index contributed by atoms with van der Waals surface area (Å²) in [5.41, 5.74) is 3.87. The highest BCUT2D eigenvalue weighted by Gasteiger charge is 2.17. The number of benzene rings is 2. The molecular formula is C24H22N6O2S2. The number of hydrogen-bond acceptors (Lipinski definition) is 8. The number of nitrogens with zero attached hydrogens (tertiary/aromatic N) is 3. The molecule has 34 heavy (non-hydrogen) atoms. The first-order valence-electron chi connectivity index (χ1n) is 10.5. The molecule has 172 valence electrons. The Kier molecular flexibility index (Phi) is 7.41. The van der Waals surface area contributed by atoms with Crippen molar-refractivity contribution in [2.24, 2.45) is 0 Å². The second-order valence-electron chi connectivity index (χ2n) is 7.07. The van der Waals surface area contributed by atoms with Crippen LogP contribution in [0.15, 0.2) is 66.7 Å². The number of esters is 1. The molecule has 0 aliphatic heterocycles. The number of thiazole rings is 1.